The first kappa shape index (κ1) is 13.9. The summed E-state index contributed by atoms with van der Waals surface area (Å²) in [7, 11) is 0. The molecule has 3 rings (SSSR count). The molecule has 3 heteroatoms. The Hall–Kier alpha value is -1.06. The van der Waals surface area contributed by atoms with Crippen LogP contribution in [0.2, 0.25) is 9.40 Å². The molecule has 1 nitrogen and oxygen atoms in total. The van der Waals surface area contributed by atoms with E-state index in [1.54, 1.807) is 6.20 Å². The maximum atomic E-state index is 6.20. The van der Waals surface area contributed by atoms with Gasteiger partial charge in [-0.1, -0.05) is 0 Å². The Bertz CT molecular complexity index is 790. The van der Waals surface area contributed by atoms with E-state index < -0.39 is 0 Å². The molecule has 0 atom stereocenters. The van der Waals surface area contributed by atoms with E-state index >= 15 is 0 Å². The van der Waals surface area contributed by atoms with Crippen molar-refractivity contribution < 1.29 is 0 Å². The van der Waals surface area contributed by atoms with E-state index in [2.05, 4.69) is 62.2 Å². The minimum atomic E-state index is -0.181. The van der Waals surface area contributed by atoms with E-state index in [0.29, 0.717) is 9.40 Å². The summed E-state index contributed by atoms with van der Waals surface area (Å²) in [5, 5.41) is 5.48. The molecule has 2 aromatic carbocycles. The van der Waals surface area contributed by atoms with Gasteiger partial charge in [0.15, 0.2) is 0 Å². The molecule has 0 amide bonds. The van der Waals surface area contributed by atoms with E-state index in [4.69, 9.17) is 11.6 Å². The fourth-order valence-corrected chi connectivity index (χ4v) is 5.53. The molecule has 1 heterocycles. The molecule has 20 heavy (non-hydrogen) atoms. The van der Waals surface area contributed by atoms with Gasteiger partial charge in [-0.15, -0.1) is 0 Å². The molecule has 0 aliphatic rings. The molecular weight excluding hydrogens is 326 g/mol. The van der Waals surface area contributed by atoms with Gasteiger partial charge < -0.3 is 0 Å². The van der Waals surface area contributed by atoms with Crippen LogP contribution >= 0.6 is 11.6 Å². The Morgan fingerprint density at radius 1 is 0.900 bits per heavy atom. The first-order valence-electron chi connectivity index (χ1n) is 6.70. The van der Waals surface area contributed by atoms with Gasteiger partial charge in [-0.25, -0.2) is 0 Å². The van der Waals surface area contributed by atoms with Gasteiger partial charge in [0.25, 0.3) is 0 Å². The molecule has 0 saturated carbocycles. The fraction of sp³-hybridized carbons (Fsp3) is 0.235. The van der Waals surface area contributed by atoms with Crippen molar-refractivity contribution in [1.29, 1.82) is 0 Å². The Labute approximate surface area is 130 Å². The third-order valence-corrected chi connectivity index (χ3v) is 6.62. The summed E-state index contributed by atoms with van der Waals surface area (Å²) in [5.41, 5.74) is 0. The molecule has 0 saturated heterocycles. The van der Waals surface area contributed by atoms with Crippen LogP contribution in [0.3, 0.4) is 0 Å². The monoisotopic (exact) mass is 343 g/mol. The summed E-state index contributed by atoms with van der Waals surface area (Å²) in [6.45, 7) is 6.98. The maximum absolute atomic E-state index is 6.20. The fourth-order valence-electron chi connectivity index (χ4n) is 2.50. The molecule has 0 bridgehead atoms. The number of fused-ring (bicyclic) bond motifs is 3. The molecule has 1 aromatic heterocycles. The van der Waals surface area contributed by atoms with Crippen LogP contribution in [-0.2, 0) is 0 Å². The first-order chi connectivity index (χ1) is 9.46. The summed E-state index contributed by atoms with van der Waals surface area (Å²) in [5.74, 6) is 0. The number of hydrogen-bond acceptors (Lipinski definition) is 1. The Balaban J connectivity index is 2.32. The van der Waals surface area contributed by atoms with E-state index in [1.807, 2.05) is 0 Å². The average Bonchev–Trinajstić information content (AvgIpc) is 2.37. The number of hydrogen-bond donors (Lipinski definition) is 0. The molecule has 0 fully saturated rings. The second-order valence-corrected chi connectivity index (χ2v) is 11.2. The molecule has 0 aliphatic heterocycles. The van der Waals surface area contributed by atoms with Crippen LogP contribution in [0, 0.1) is 0 Å². The standard InChI is InChI=1S/C17H16ClGeN/c1-17(2,3)19-15-6-4-5-11-12-9-10-20-16(18)14(12)8-7-13(11)15/h4-10H,1-3H3. The van der Waals surface area contributed by atoms with Gasteiger partial charge in [-0.05, 0) is 0 Å². The van der Waals surface area contributed by atoms with Crippen molar-refractivity contribution in [3.05, 3.63) is 47.7 Å². The molecule has 2 radical (unpaired) electrons. The predicted octanol–water partition coefficient (Wildman–Crippen LogP) is 4.59. The van der Waals surface area contributed by atoms with Crippen molar-refractivity contribution in [2.24, 2.45) is 0 Å². The van der Waals surface area contributed by atoms with Crippen molar-refractivity contribution >= 4 is 53.0 Å². The molecule has 0 unspecified atom stereocenters. The van der Waals surface area contributed by atoms with Crippen LogP contribution in [0.1, 0.15) is 20.8 Å². The topological polar surface area (TPSA) is 12.9 Å². The zero-order chi connectivity index (χ0) is 14.3. The third-order valence-electron chi connectivity index (χ3n) is 3.26. The molecular formula is C17H16ClGeN. The summed E-state index contributed by atoms with van der Waals surface area (Å²) >= 11 is 6.02. The molecule has 0 aliphatic carbocycles. The van der Waals surface area contributed by atoms with Crippen LogP contribution in [-0.4, -0.2) is 20.4 Å². The van der Waals surface area contributed by atoms with Crippen LogP contribution in [0.4, 0.5) is 0 Å². The van der Waals surface area contributed by atoms with E-state index in [9.17, 15) is 0 Å². The average molecular weight is 342 g/mol. The van der Waals surface area contributed by atoms with Gasteiger partial charge >= 0.3 is 131 Å². The van der Waals surface area contributed by atoms with Gasteiger partial charge in [0.2, 0.25) is 0 Å². The van der Waals surface area contributed by atoms with E-state index in [-0.39, 0.29) is 15.4 Å². The van der Waals surface area contributed by atoms with E-state index in [1.165, 1.54) is 20.6 Å². The second-order valence-electron chi connectivity index (χ2n) is 6.04. The van der Waals surface area contributed by atoms with Crippen LogP contribution in [0.5, 0.6) is 0 Å². The number of rotatable bonds is 1. The normalized spacial score (nSPS) is 12.2. The van der Waals surface area contributed by atoms with E-state index in [0.717, 1.165) is 5.39 Å². The number of pyridine rings is 1. The molecule has 3 aromatic rings. The Kier molecular flexibility index (Phi) is 3.51. The van der Waals surface area contributed by atoms with Crippen molar-refractivity contribution in [3.8, 4) is 0 Å². The quantitative estimate of drug-likeness (QED) is 0.358. The van der Waals surface area contributed by atoms with Gasteiger partial charge in [0.1, 0.15) is 0 Å². The van der Waals surface area contributed by atoms with Gasteiger partial charge in [-0.2, -0.15) is 0 Å². The number of nitrogens with zero attached hydrogens (tertiary/aromatic N) is 1. The summed E-state index contributed by atoms with van der Waals surface area (Å²) in [4.78, 5) is 4.17. The van der Waals surface area contributed by atoms with Gasteiger partial charge in [0.05, 0.1) is 0 Å². The van der Waals surface area contributed by atoms with Crippen molar-refractivity contribution in [1.82, 2.24) is 4.98 Å². The SMILES string of the molecule is C[C](C)(C)[Ge][c]1cccc2c1ccc1c(Cl)nccc12. The molecule has 100 valence electrons. The summed E-state index contributed by atoms with van der Waals surface area (Å²) in [6.07, 6.45) is 1.79. The first-order valence-corrected chi connectivity index (χ1v) is 9.17. The van der Waals surface area contributed by atoms with Gasteiger partial charge in [0, 0.05) is 0 Å². The third kappa shape index (κ3) is 2.57. The second kappa shape index (κ2) is 5.05. The summed E-state index contributed by atoms with van der Waals surface area (Å²) < 4.78 is 1.92. The number of aromatic nitrogens is 1. The Morgan fingerprint density at radius 3 is 2.35 bits per heavy atom. The zero-order valence-corrected chi connectivity index (χ0v) is 14.7. The van der Waals surface area contributed by atoms with Crippen molar-refractivity contribution in [2.75, 3.05) is 0 Å². The van der Waals surface area contributed by atoms with Crippen LogP contribution in [0.25, 0.3) is 21.5 Å². The Morgan fingerprint density at radius 2 is 1.60 bits per heavy atom. The van der Waals surface area contributed by atoms with Crippen molar-refractivity contribution in [3.63, 3.8) is 0 Å². The number of benzene rings is 2. The van der Waals surface area contributed by atoms with Crippen molar-refractivity contribution in [2.45, 2.75) is 25.0 Å². The zero-order valence-electron chi connectivity index (χ0n) is 11.9. The predicted molar refractivity (Wildman–Crippen MR) is 89.4 cm³/mol. The van der Waals surface area contributed by atoms with Crippen LogP contribution in [0.15, 0.2) is 42.6 Å². The van der Waals surface area contributed by atoms with Crippen LogP contribution < -0.4 is 4.40 Å². The number of halogens is 1. The molecule has 0 spiro atoms. The van der Waals surface area contributed by atoms with Gasteiger partial charge in [-0.3, -0.25) is 0 Å². The minimum absolute atomic E-state index is 0.181. The summed E-state index contributed by atoms with van der Waals surface area (Å²) in [6, 6.07) is 13.0. The molecule has 0 N–H and O–H groups in total.